The molecule has 5 heteroatoms. The summed E-state index contributed by atoms with van der Waals surface area (Å²) in [6.07, 6.45) is 5.12. The van der Waals surface area contributed by atoms with E-state index in [0.29, 0.717) is 18.2 Å². The lowest BCUT2D eigenvalue weighted by Crippen LogP contribution is -2.35. The molecule has 0 aromatic rings. The molecule has 2 N–H and O–H groups in total. The van der Waals surface area contributed by atoms with Crippen LogP contribution in [0.1, 0.15) is 39.0 Å². The average Bonchev–Trinajstić information content (AvgIpc) is 2.25. The number of hydrogen-bond acceptors (Lipinski definition) is 3. The van der Waals surface area contributed by atoms with Crippen molar-refractivity contribution in [2.24, 2.45) is 5.92 Å². The highest BCUT2D eigenvalue weighted by Gasteiger charge is 2.20. The quantitative estimate of drug-likeness (QED) is 0.663. The van der Waals surface area contributed by atoms with Gasteiger partial charge in [-0.05, 0) is 38.3 Å². The second-order valence-electron chi connectivity index (χ2n) is 4.58. The van der Waals surface area contributed by atoms with Crippen molar-refractivity contribution in [3.8, 4) is 0 Å². The van der Waals surface area contributed by atoms with Crippen LogP contribution in [0.5, 0.6) is 0 Å². The number of hydrogen-bond donors (Lipinski definition) is 2. The molecule has 16 heavy (non-hydrogen) atoms. The molecule has 0 amide bonds. The summed E-state index contributed by atoms with van der Waals surface area (Å²) >= 11 is 0. The van der Waals surface area contributed by atoms with Gasteiger partial charge in [-0.1, -0.05) is 19.8 Å². The monoisotopic (exact) mass is 248 g/mol. The Morgan fingerprint density at radius 2 is 1.94 bits per heavy atom. The van der Waals surface area contributed by atoms with E-state index >= 15 is 0 Å². The van der Waals surface area contributed by atoms with Gasteiger partial charge < -0.3 is 5.32 Å². The summed E-state index contributed by atoms with van der Waals surface area (Å²) in [5, 5.41) is 3.25. The summed E-state index contributed by atoms with van der Waals surface area (Å²) < 4.78 is 26.2. The van der Waals surface area contributed by atoms with Crippen LogP contribution >= 0.6 is 0 Å². The Bertz CT molecular complexity index is 272. The number of piperidine rings is 1. The predicted octanol–water partition coefficient (Wildman–Crippen LogP) is 1.10. The van der Waals surface area contributed by atoms with Crippen molar-refractivity contribution < 1.29 is 8.42 Å². The first-order chi connectivity index (χ1) is 7.64. The van der Waals surface area contributed by atoms with Crippen LogP contribution < -0.4 is 10.0 Å². The molecular weight excluding hydrogens is 224 g/mol. The topological polar surface area (TPSA) is 58.2 Å². The van der Waals surface area contributed by atoms with Gasteiger partial charge in [0.1, 0.15) is 0 Å². The highest BCUT2D eigenvalue weighted by Crippen LogP contribution is 2.13. The zero-order valence-corrected chi connectivity index (χ0v) is 11.0. The third-order valence-electron chi connectivity index (χ3n) is 3.02. The Kier molecular flexibility index (Phi) is 6.31. The maximum absolute atomic E-state index is 11.7. The zero-order valence-electron chi connectivity index (χ0n) is 10.2. The lowest BCUT2D eigenvalue weighted by atomic mass is 10.0. The Morgan fingerprint density at radius 1 is 1.25 bits per heavy atom. The largest absolute Gasteiger partial charge is 0.317 e. The van der Waals surface area contributed by atoms with Crippen LogP contribution in [0, 0.1) is 5.92 Å². The van der Waals surface area contributed by atoms with Crippen molar-refractivity contribution in [2.75, 3.05) is 25.4 Å². The minimum atomic E-state index is -3.04. The fraction of sp³-hybridized carbons (Fsp3) is 1.00. The molecule has 4 nitrogen and oxygen atoms in total. The van der Waals surface area contributed by atoms with Crippen LogP contribution in [0.2, 0.25) is 0 Å². The lowest BCUT2D eigenvalue weighted by Gasteiger charge is -2.22. The van der Waals surface area contributed by atoms with E-state index in [2.05, 4.69) is 17.0 Å². The van der Waals surface area contributed by atoms with Gasteiger partial charge in [-0.2, -0.15) is 0 Å². The van der Waals surface area contributed by atoms with Crippen molar-refractivity contribution in [2.45, 2.75) is 39.0 Å². The predicted molar refractivity (Wildman–Crippen MR) is 66.9 cm³/mol. The first-order valence-electron chi connectivity index (χ1n) is 6.32. The lowest BCUT2D eigenvalue weighted by molar-refractivity contribution is 0.400. The zero-order chi connectivity index (χ0) is 11.9. The maximum atomic E-state index is 11.7. The standard InChI is InChI=1S/C11H24N2O2S/c1-2-3-4-7-13-16(14,15)10-11-5-8-12-9-6-11/h11-13H,2-10H2,1H3. The molecule has 0 bridgehead atoms. The van der Waals surface area contributed by atoms with Gasteiger partial charge in [0, 0.05) is 6.54 Å². The van der Waals surface area contributed by atoms with Gasteiger partial charge in [0.25, 0.3) is 0 Å². The van der Waals surface area contributed by atoms with Crippen molar-refractivity contribution in [1.29, 1.82) is 0 Å². The van der Waals surface area contributed by atoms with Crippen molar-refractivity contribution in [1.82, 2.24) is 10.0 Å². The molecule has 0 aliphatic carbocycles. The first-order valence-corrected chi connectivity index (χ1v) is 7.97. The maximum Gasteiger partial charge on any atom is 0.211 e. The Morgan fingerprint density at radius 3 is 2.56 bits per heavy atom. The van der Waals surface area contributed by atoms with E-state index in [1.54, 1.807) is 0 Å². The molecule has 0 atom stereocenters. The molecule has 0 spiro atoms. The molecule has 1 aliphatic heterocycles. The third kappa shape index (κ3) is 5.82. The molecule has 96 valence electrons. The first kappa shape index (κ1) is 13.9. The molecule has 1 aliphatic rings. The normalized spacial score (nSPS) is 18.8. The van der Waals surface area contributed by atoms with Crippen LogP contribution in [0.25, 0.3) is 0 Å². The second kappa shape index (κ2) is 7.25. The highest BCUT2D eigenvalue weighted by atomic mass is 32.2. The molecule has 0 unspecified atom stereocenters. The molecule has 1 saturated heterocycles. The summed E-state index contributed by atoms with van der Waals surface area (Å²) in [7, 11) is -3.04. The van der Waals surface area contributed by atoms with Crippen LogP contribution in [-0.4, -0.2) is 33.8 Å². The van der Waals surface area contributed by atoms with E-state index in [9.17, 15) is 8.42 Å². The molecule has 0 aromatic carbocycles. The fourth-order valence-electron chi connectivity index (χ4n) is 2.02. The molecule has 0 radical (unpaired) electrons. The van der Waals surface area contributed by atoms with Crippen molar-refractivity contribution >= 4 is 10.0 Å². The molecule has 0 aromatic heterocycles. The third-order valence-corrected chi connectivity index (χ3v) is 4.57. The molecule has 1 rings (SSSR count). The van der Waals surface area contributed by atoms with Gasteiger partial charge >= 0.3 is 0 Å². The summed E-state index contributed by atoms with van der Waals surface area (Å²) in [6, 6.07) is 0. The Labute approximate surface area is 99.2 Å². The van der Waals surface area contributed by atoms with E-state index < -0.39 is 10.0 Å². The number of nitrogens with one attached hydrogen (secondary N) is 2. The molecule has 0 saturated carbocycles. The Hall–Kier alpha value is -0.130. The fourth-order valence-corrected chi connectivity index (χ4v) is 3.55. The summed E-state index contributed by atoms with van der Waals surface area (Å²) in [5.41, 5.74) is 0. The molecule has 1 fully saturated rings. The van der Waals surface area contributed by atoms with Crippen LogP contribution in [-0.2, 0) is 10.0 Å². The average molecular weight is 248 g/mol. The van der Waals surface area contributed by atoms with E-state index in [-0.39, 0.29) is 0 Å². The van der Waals surface area contributed by atoms with E-state index in [1.807, 2.05) is 0 Å². The molecule has 1 heterocycles. The smallest absolute Gasteiger partial charge is 0.211 e. The van der Waals surface area contributed by atoms with Crippen molar-refractivity contribution in [3.05, 3.63) is 0 Å². The summed E-state index contributed by atoms with van der Waals surface area (Å²) in [6.45, 7) is 4.62. The van der Waals surface area contributed by atoms with Gasteiger partial charge in [0.2, 0.25) is 10.0 Å². The van der Waals surface area contributed by atoms with E-state index in [0.717, 1.165) is 45.2 Å². The minimum absolute atomic E-state index is 0.306. The summed E-state index contributed by atoms with van der Waals surface area (Å²) in [5.74, 6) is 0.644. The van der Waals surface area contributed by atoms with Gasteiger partial charge in [-0.3, -0.25) is 0 Å². The Balaban J connectivity index is 2.22. The van der Waals surface area contributed by atoms with E-state index in [1.165, 1.54) is 0 Å². The van der Waals surface area contributed by atoms with Gasteiger partial charge in [0.05, 0.1) is 5.75 Å². The van der Waals surface area contributed by atoms with Crippen LogP contribution in [0.3, 0.4) is 0 Å². The van der Waals surface area contributed by atoms with Crippen LogP contribution in [0.15, 0.2) is 0 Å². The van der Waals surface area contributed by atoms with Crippen LogP contribution in [0.4, 0.5) is 0 Å². The molecular formula is C11H24N2O2S. The number of unbranched alkanes of at least 4 members (excludes halogenated alkanes) is 2. The van der Waals surface area contributed by atoms with E-state index in [4.69, 9.17) is 0 Å². The van der Waals surface area contributed by atoms with Gasteiger partial charge in [-0.25, -0.2) is 13.1 Å². The minimum Gasteiger partial charge on any atom is -0.317 e. The summed E-state index contributed by atoms with van der Waals surface area (Å²) in [4.78, 5) is 0. The highest BCUT2D eigenvalue weighted by molar-refractivity contribution is 7.89. The van der Waals surface area contributed by atoms with Gasteiger partial charge in [-0.15, -0.1) is 0 Å². The van der Waals surface area contributed by atoms with Crippen molar-refractivity contribution in [3.63, 3.8) is 0 Å². The number of sulfonamides is 1. The van der Waals surface area contributed by atoms with Gasteiger partial charge in [0.15, 0.2) is 0 Å². The number of rotatable bonds is 7. The SMILES string of the molecule is CCCCCNS(=O)(=O)CC1CCNCC1. The second-order valence-corrected chi connectivity index (χ2v) is 6.43.